The van der Waals surface area contributed by atoms with Crippen molar-refractivity contribution in [2.24, 2.45) is 0 Å². The van der Waals surface area contributed by atoms with E-state index >= 15 is 0 Å². The summed E-state index contributed by atoms with van der Waals surface area (Å²) in [4.78, 5) is 13.9. The molecule has 2 aromatic rings. The minimum atomic E-state index is -0.791. The third-order valence-corrected chi connectivity index (χ3v) is 4.03. The Hall–Kier alpha value is -1.88. The first-order valence-corrected chi connectivity index (χ1v) is 6.64. The van der Waals surface area contributed by atoms with Crippen molar-refractivity contribution in [2.45, 2.75) is 25.9 Å². The first kappa shape index (κ1) is 13.1. The summed E-state index contributed by atoms with van der Waals surface area (Å²) in [6.45, 7) is 4.20. The van der Waals surface area contributed by atoms with Crippen LogP contribution in [0.25, 0.3) is 11.0 Å². The van der Waals surface area contributed by atoms with E-state index in [1.165, 1.54) is 11.0 Å². The first-order valence-electron chi connectivity index (χ1n) is 6.64. The van der Waals surface area contributed by atoms with Crippen LogP contribution >= 0.6 is 0 Å². The Morgan fingerprint density at radius 1 is 1.50 bits per heavy atom. The molecular weight excluding hydrogens is 261 g/mol. The SMILES string of the molecule is CCC1(O)CN(C(=O)c2oc3c(F)cccc3c2C)C1. The summed E-state index contributed by atoms with van der Waals surface area (Å²) < 4.78 is 19.1. The number of rotatable bonds is 2. The monoisotopic (exact) mass is 277 g/mol. The molecule has 1 saturated heterocycles. The zero-order valence-electron chi connectivity index (χ0n) is 11.4. The number of benzene rings is 1. The molecule has 5 heteroatoms. The van der Waals surface area contributed by atoms with E-state index in [2.05, 4.69) is 0 Å². The highest BCUT2D eigenvalue weighted by atomic mass is 19.1. The predicted molar refractivity (Wildman–Crippen MR) is 72.1 cm³/mol. The third-order valence-electron chi connectivity index (χ3n) is 4.03. The molecule has 0 radical (unpaired) electrons. The Balaban J connectivity index is 1.94. The summed E-state index contributed by atoms with van der Waals surface area (Å²) in [7, 11) is 0. The predicted octanol–water partition coefficient (Wildman–Crippen LogP) is 2.48. The zero-order chi connectivity index (χ0) is 14.5. The molecule has 0 atom stereocenters. The molecule has 2 heterocycles. The van der Waals surface area contributed by atoms with Gasteiger partial charge in [0.05, 0.1) is 18.7 Å². The van der Waals surface area contributed by atoms with Crippen LogP contribution in [0.3, 0.4) is 0 Å². The molecule has 0 aliphatic carbocycles. The summed E-state index contributed by atoms with van der Waals surface area (Å²) in [6, 6.07) is 4.62. The number of furan rings is 1. The highest BCUT2D eigenvalue weighted by Gasteiger charge is 2.43. The van der Waals surface area contributed by atoms with Crippen molar-refractivity contribution in [1.82, 2.24) is 4.90 Å². The molecule has 4 nitrogen and oxygen atoms in total. The van der Waals surface area contributed by atoms with Crippen LogP contribution < -0.4 is 0 Å². The lowest BCUT2D eigenvalue weighted by molar-refractivity contribution is -0.0834. The molecule has 106 valence electrons. The molecule has 1 amide bonds. The van der Waals surface area contributed by atoms with Crippen molar-refractivity contribution >= 4 is 16.9 Å². The van der Waals surface area contributed by atoms with E-state index in [1.54, 1.807) is 19.1 Å². The van der Waals surface area contributed by atoms with Gasteiger partial charge in [0.15, 0.2) is 17.2 Å². The second kappa shape index (κ2) is 4.31. The van der Waals surface area contributed by atoms with E-state index in [4.69, 9.17) is 4.42 Å². The number of para-hydroxylation sites is 1. The number of halogens is 1. The number of likely N-dealkylation sites (tertiary alicyclic amines) is 1. The standard InChI is InChI=1S/C15H16FNO3/c1-3-15(19)7-17(8-15)14(18)12-9(2)10-5-4-6-11(16)13(10)20-12/h4-6,19H,3,7-8H2,1-2H3. The van der Waals surface area contributed by atoms with Crippen LogP contribution in [-0.2, 0) is 0 Å². The summed E-state index contributed by atoms with van der Waals surface area (Å²) in [5.41, 5.74) is -0.0445. The zero-order valence-corrected chi connectivity index (χ0v) is 11.4. The number of hydrogen-bond acceptors (Lipinski definition) is 3. The number of aryl methyl sites for hydroxylation is 1. The van der Waals surface area contributed by atoms with Crippen LogP contribution in [0.2, 0.25) is 0 Å². The van der Waals surface area contributed by atoms with Gasteiger partial charge in [-0.15, -0.1) is 0 Å². The topological polar surface area (TPSA) is 53.7 Å². The molecular formula is C15H16FNO3. The highest BCUT2D eigenvalue weighted by Crippen LogP contribution is 2.31. The van der Waals surface area contributed by atoms with Crippen molar-refractivity contribution in [3.8, 4) is 0 Å². The van der Waals surface area contributed by atoms with Gasteiger partial charge in [0.25, 0.3) is 5.91 Å². The molecule has 1 N–H and O–H groups in total. The number of β-amino-alcohol motifs (C(OH)–C–C–N with tert-alkyl or cyclic N) is 1. The first-order chi connectivity index (χ1) is 9.45. The summed E-state index contributed by atoms with van der Waals surface area (Å²) in [6.07, 6.45) is 0.602. The van der Waals surface area contributed by atoms with E-state index in [0.717, 1.165) is 0 Å². The quantitative estimate of drug-likeness (QED) is 0.917. The van der Waals surface area contributed by atoms with Gasteiger partial charge in [0, 0.05) is 10.9 Å². The average Bonchev–Trinajstić information content (AvgIpc) is 2.74. The van der Waals surface area contributed by atoms with E-state index in [0.29, 0.717) is 30.5 Å². The summed E-state index contributed by atoms with van der Waals surface area (Å²) in [5.74, 6) is -0.613. The van der Waals surface area contributed by atoms with Gasteiger partial charge < -0.3 is 14.4 Å². The van der Waals surface area contributed by atoms with E-state index in [1.807, 2.05) is 6.92 Å². The van der Waals surface area contributed by atoms with Crippen LogP contribution in [0.15, 0.2) is 22.6 Å². The van der Waals surface area contributed by atoms with Crippen LogP contribution in [0.5, 0.6) is 0 Å². The summed E-state index contributed by atoms with van der Waals surface area (Å²) >= 11 is 0. The molecule has 1 aromatic heterocycles. The fourth-order valence-electron chi connectivity index (χ4n) is 2.59. The maximum Gasteiger partial charge on any atom is 0.290 e. The molecule has 1 fully saturated rings. The fraction of sp³-hybridized carbons (Fsp3) is 0.400. The highest BCUT2D eigenvalue weighted by molar-refractivity contribution is 5.99. The lowest BCUT2D eigenvalue weighted by Crippen LogP contribution is -2.63. The minimum absolute atomic E-state index is 0.111. The Labute approximate surface area is 115 Å². The second-order valence-corrected chi connectivity index (χ2v) is 5.41. The van der Waals surface area contributed by atoms with Crippen LogP contribution in [-0.4, -0.2) is 34.6 Å². The van der Waals surface area contributed by atoms with Gasteiger partial charge >= 0.3 is 0 Å². The lowest BCUT2D eigenvalue weighted by Gasteiger charge is -2.45. The Bertz CT molecular complexity index is 686. The molecule has 1 aliphatic rings. The van der Waals surface area contributed by atoms with Crippen molar-refractivity contribution in [3.05, 3.63) is 35.3 Å². The number of carbonyl (C=O) groups excluding carboxylic acids is 1. The van der Waals surface area contributed by atoms with Gasteiger partial charge in [-0.25, -0.2) is 4.39 Å². The number of hydrogen-bond donors (Lipinski definition) is 1. The molecule has 1 aromatic carbocycles. The Kier molecular flexibility index (Phi) is 2.83. The molecule has 20 heavy (non-hydrogen) atoms. The van der Waals surface area contributed by atoms with Crippen LogP contribution in [0.4, 0.5) is 4.39 Å². The number of nitrogens with zero attached hydrogens (tertiary/aromatic N) is 1. The molecule has 3 rings (SSSR count). The van der Waals surface area contributed by atoms with Gasteiger partial charge in [-0.1, -0.05) is 19.1 Å². The van der Waals surface area contributed by atoms with Gasteiger partial charge in [-0.05, 0) is 19.4 Å². The third kappa shape index (κ3) is 1.81. The smallest absolute Gasteiger partial charge is 0.290 e. The normalized spacial score (nSPS) is 17.3. The molecule has 1 aliphatic heterocycles. The molecule has 0 unspecified atom stereocenters. The van der Waals surface area contributed by atoms with E-state index in [-0.39, 0.29) is 17.3 Å². The number of carbonyl (C=O) groups is 1. The Morgan fingerprint density at radius 3 is 2.80 bits per heavy atom. The van der Waals surface area contributed by atoms with Crippen molar-refractivity contribution in [3.63, 3.8) is 0 Å². The van der Waals surface area contributed by atoms with Gasteiger partial charge in [0.2, 0.25) is 0 Å². The van der Waals surface area contributed by atoms with Crippen LogP contribution in [0.1, 0.15) is 29.5 Å². The van der Waals surface area contributed by atoms with Crippen molar-refractivity contribution in [1.29, 1.82) is 0 Å². The van der Waals surface area contributed by atoms with Gasteiger partial charge in [-0.2, -0.15) is 0 Å². The lowest BCUT2D eigenvalue weighted by atomic mass is 9.91. The van der Waals surface area contributed by atoms with E-state index < -0.39 is 11.4 Å². The number of fused-ring (bicyclic) bond motifs is 1. The van der Waals surface area contributed by atoms with E-state index in [9.17, 15) is 14.3 Å². The number of amides is 1. The second-order valence-electron chi connectivity index (χ2n) is 5.41. The Morgan fingerprint density at radius 2 is 2.20 bits per heavy atom. The van der Waals surface area contributed by atoms with Gasteiger partial charge in [0.1, 0.15) is 0 Å². The minimum Gasteiger partial charge on any atom is -0.448 e. The van der Waals surface area contributed by atoms with Crippen molar-refractivity contribution in [2.75, 3.05) is 13.1 Å². The number of aliphatic hydroxyl groups is 1. The maximum absolute atomic E-state index is 13.7. The molecule has 0 spiro atoms. The fourth-order valence-corrected chi connectivity index (χ4v) is 2.59. The molecule has 0 saturated carbocycles. The largest absolute Gasteiger partial charge is 0.448 e. The average molecular weight is 277 g/mol. The van der Waals surface area contributed by atoms with Crippen molar-refractivity contribution < 1.29 is 18.7 Å². The summed E-state index contributed by atoms with van der Waals surface area (Å²) in [5, 5.41) is 10.6. The van der Waals surface area contributed by atoms with Gasteiger partial charge in [-0.3, -0.25) is 4.79 Å². The van der Waals surface area contributed by atoms with Crippen LogP contribution in [0, 0.1) is 12.7 Å². The molecule has 0 bridgehead atoms. The maximum atomic E-state index is 13.7.